The minimum atomic E-state index is 0.600. The van der Waals surface area contributed by atoms with E-state index in [-0.39, 0.29) is 0 Å². The summed E-state index contributed by atoms with van der Waals surface area (Å²) >= 11 is 0. The van der Waals surface area contributed by atoms with Crippen LogP contribution in [0.25, 0.3) is 0 Å². The van der Waals surface area contributed by atoms with Crippen molar-refractivity contribution in [2.24, 2.45) is 0 Å². The van der Waals surface area contributed by atoms with Gasteiger partial charge in [0.05, 0.1) is 25.9 Å². The van der Waals surface area contributed by atoms with E-state index in [1.54, 1.807) is 13.4 Å². The number of hydrogen-bond donors (Lipinski definition) is 1. The second-order valence-electron chi connectivity index (χ2n) is 5.08. The number of aryl methyl sites for hydroxylation is 1. The summed E-state index contributed by atoms with van der Waals surface area (Å²) in [6.07, 6.45) is 4.69. The number of nitrogens with zero attached hydrogens (tertiary/aromatic N) is 4. The van der Waals surface area contributed by atoms with Crippen LogP contribution >= 0.6 is 0 Å². The van der Waals surface area contributed by atoms with Gasteiger partial charge < -0.3 is 10.1 Å². The number of nitrogens with one attached hydrogen (secondary N) is 1. The Morgan fingerprint density at radius 3 is 2.81 bits per heavy atom. The van der Waals surface area contributed by atoms with E-state index in [0.29, 0.717) is 13.1 Å². The van der Waals surface area contributed by atoms with E-state index in [2.05, 4.69) is 27.3 Å². The number of rotatable bonds is 7. The summed E-state index contributed by atoms with van der Waals surface area (Å²) in [7, 11) is 1.69. The minimum Gasteiger partial charge on any atom is -0.496 e. The van der Waals surface area contributed by atoms with Gasteiger partial charge in [0.15, 0.2) is 5.82 Å². The molecule has 0 aliphatic rings. The lowest BCUT2D eigenvalue weighted by Gasteiger charge is -2.11. The Kier molecular flexibility index (Phi) is 5.27. The van der Waals surface area contributed by atoms with Crippen LogP contribution < -0.4 is 10.1 Å². The van der Waals surface area contributed by atoms with Crippen molar-refractivity contribution in [1.29, 1.82) is 0 Å². The predicted molar refractivity (Wildman–Crippen MR) is 81.4 cm³/mol. The molecule has 21 heavy (non-hydrogen) atoms. The molecule has 0 radical (unpaired) electrons. The standard InChI is InChI=1S/C15H23N5O/c1-5-6-16-8-14-18-10-20(19-14)9-13-12(3)15(21-4)11(2)7-17-13/h7,10,16H,5-6,8-9H2,1-4H3. The van der Waals surface area contributed by atoms with Gasteiger partial charge in [-0.25, -0.2) is 9.67 Å². The summed E-state index contributed by atoms with van der Waals surface area (Å²) in [6, 6.07) is 0. The molecule has 0 atom stereocenters. The fourth-order valence-corrected chi connectivity index (χ4v) is 2.25. The molecule has 0 aliphatic carbocycles. The van der Waals surface area contributed by atoms with Crippen LogP contribution in [-0.4, -0.2) is 33.4 Å². The van der Waals surface area contributed by atoms with Crippen LogP contribution in [-0.2, 0) is 13.1 Å². The number of methoxy groups -OCH3 is 1. The molecule has 0 aromatic carbocycles. The molecular formula is C15H23N5O. The molecule has 2 aromatic heterocycles. The molecule has 2 heterocycles. The van der Waals surface area contributed by atoms with Gasteiger partial charge in [0, 0.05) is 17.3 Å². The van der Waals surface area contributed by atoms with Crippen LogP contribution in [0.4, 0.5) is 0 Å². The molecule has 0 spiro atoms. The maximum atomic E-state index is 5.43. The Bertz CT molecular complexity index is 594. The van der Waals surface area contributed by atoms with Crippen LogP contribution in [0.5, 0.6) is 5.75 Å². The SMILES string of the molecule is CCCNCc1ncn(Cc2ncc(C)c(OC)c2C)n1. The number of ether oxygens (including phenoxy) is 1. The lowest BCUT2D eigenvalue weighted by Crippen LogP contribution is -2.15. The average Bonchev–Trinajstić information content (AvgIpc) is 2.91. The van der Waals surface area contributed by atoms with E-state index in [1.165, 1.54) is 0 Å². The molecule has 114 valence electrons. The molecule has 0 fully saturated rings. The molecule has 0 amide bonds. The van der Waals surface area contributed by atoms with Crippen LogP contribution in [0.3, 0.4) is 0 Å². The quantitative estimate of drug-likeness (QED) is 0.788. The van der Waals surface area contributed by atoms with Gasteiger partial charge in [-0.3, -0.25) is 4.98 Å². The molecule has 6 nitrogen and oxygen atoms in total. The maximum absolute atomic E-state index is 5.43. The van der Waals surface area contributed by atoms with Gasteiger partial charge in [0.1, 0.15) is 12.1 Å². The summed E-state index contributed by atoms with van der Waals surface area (Å²) < 4.78 is 7.24. The molecule has 0 aliphatic heterocycles. The summed E-state index contributed by atoms with van der Waals surface area (Å²) in [4.78, 5) is 8.79. The molecule has 2 aromatic rings. The topological polar surface area (TPSA) is 64.9 Å². The van der Waals surface area contributed by atoms with Gasteiger partial charge in [0.25, 0.3) is 0 Å². The first-order valence-electron chi connectivity index (χ1n) is 7.23. The number of pyridine rings is 1. The molecule has 6 heteroatoms. The third-order valence-corrected chi connectivity index (χ3v) is 3.36. The van der Waals surface area contributed by atoms with Crippen molar-refractivity contribution in [1.82, 2.24) is 25.1 Å². The largest absolute Gasteiger partial charge is 0.496 e. The fraction of sp³-hybridized carbons (Fsp3) is 0.533. The van der Waals surface area contributed by atoms with Crippen LogP contribution in [0.2, 0.25) is 0 Å². The average molecular weight is 289 g/mol. The van der Waals surface area contributed by atoms with Crippen molar-refractivity contribution < 1.29 is 4.74 Å². The summed E-state index contributed by atoms with van der Waals surface area (Å²) in [5.74, 6) is 1.70. The molecular weight excluding hydrogens is 266 g/mol. The highest BCUT2D eigenvalue weighted by molar-refractivity contribution is 5.41. The Morgan fingerprint density at radius 1 is 1.29 bits per heavy atom. The third-order valence-electron chi connectivity index (χ3n) is 3.36. The highest BCUT2D eigenvalue weighted by Crippen LogP contribution is 2.24. The zero-order chi connectivity index (χ0) is 15.2. The summed E-state index contributed by atoms with van der Waals surface area (Å²) in [6.45, 7) is 8.43. The molecule has 2 rings (SSSR count). The van der Waals surface area contributed by atoms with Crippen LogP contribution in [0.15, 0.2) is 12.5 Å². The normalized spacial score (nSPS) is 10.9. The van der Waals surface area contributed by atoms with E-state index in [1.807, 2.05) is 24.7 Å². The van der Waals surface area contributed by atoms with E-state index < -0.39 is 0 Å². The first-order chi connectivity index (χ1) is 10.2. The number of aromatic nitrogens is 4. The summed E-state index contributed by atoms with van der Waals surface area (Å²) in [5.41, 5.74) is 3.05. The smallest absolute Gasteiger partial charge is 0.164 e. The molecule has 0 unspecified atom stereocenters. The van der Waals surface area contributed by atoms with Crippen molar-refractivity contribution >= 4 is 0 Å². The van der Waals surface area contributed by atoms with Gasteiger partial charge in [-0.1, -0.05) is 6.92 Å². The first kappa shape index (κ1) is 15.4. The van der Waals surface area contributed by atoms with Crippen molar-refractivity contribution in [3.8, 4) is 5.75 Å². The number of hydrogen-bond acceptors (Lipinski definition) is 5. The van der Waals surface area contributed by atoms with E-state index in [4.69, 9.17) is 4.74 Å². The van der Waals surface area contributed by atoms with Gasteiger partial charge in [-0.15, -0.1) is 0 Å². The Hall–Kier alpha value is -1.95. The Labute approximate surface area is 125 Å². The van der Waals surface area contributed by atoms with E-state index >= 15 is 0 Å². The molecule has 1 N–H and O–H groups in total. The Morgan fingerprint density at radius 2 is 2.10 bits per heavy atom. The van der Waals surface area contributed by atoms with E-state index in [0.717, 1.165) is 41.4 Å². The van der Waals surface area contributed by atoms with Crippen molar-refractivity contribution in [2.45, 2.75) is 40.3 Å². The molecule has 0 saturated carbocycles. The summed E-state index contributed by atoms with van der Waals surface area (Å²) in [5, 5.41) is 7.75. The fourth-order valence-electron chi connectivity index (χ4n) is 2.25. The third kappa shape index (κ3) is 3.78. The minimum absolute atomic E-state index is 0.600. The van der Waals surface area contributed by atoms with Gasteiger partial charge in [-0.2, -0.15) is 5.10 Å². The second kappa shape index (κ2) is 7.17. The van der Waals surface area contributed by atoms with Crippen molar-refractivity contribution in [3.05, 3.63) is 35.2 Å². The van der Waals surface area contributed by atoms with Crippen molar-refractivity contribution in [3.63, 3.8) is 0 Å². The second-order valence-corrected chi connectivity index (χ2v) is 5.08. The zero-order valence-corrected chi connectivity index (χ0v) is 13.2. The van der Waals surface area contributed by atoms with Crippen LogP contribution in [0.1, 0.15) is 36.0 Å². The zero-order valence-electron chi connectivity index (χ0n) is 13.2. The molecule has 0 saturated heterocycles. The maximum Gasteiger partial charge on any atom is 0.164 e. The lowest BCUT2D eigenvalue weighted by molar-refractivity contribution is 0.406. The monoisotopic (exact) mass is 289 g/mol. The first-order valence-corrected chi connectivity index (χ1v) is 7.23. The Balaban J connectivity index is 2.08. The predicted octanol–water partition coefficient (Wildman–Crippen LogP) is 1.85. The highest BCUT2D eigenvalue weighted by atomic mass is 16.5. The van der Waals surface area contributed by atoms with Gasteiger partial charge in [-0.05, 0) is 26.8 Å². The lowest BCUT2D eigenvalue weighted by atomic mass is 10.1. The molecule has 0 bridgehead atoms. The van der Waals surface area contributed by atoms with Gasteiger partial charge in [0.2, 0.25) is 0 Å². The van der Waals surface area contributed by atoms with Crippen molar-refractivity contribution in [2.75, 3.05) is 13.7 Å². The highest BCUT2D eigenvalue weighted by Gasteiger charge is 2.10. The van der Waals surface area contributed by atoms with Crippen LogP contribution in [0, 0.1) is 13.8 Å². The van der Waals surface area contributed by atoms with Gasteiger partial charge >= 0.3 is 0 Å². The van der Waals surface area contributed by atoms with E-state index in [9.17, 15) is 0 Å².